The summed E-state index contributed by atoms with van der Waals surface area (Å²) in [5.41, 5.74) is -0.695. The molecule has 2 atom stereocenters. The quantitative estimate of drug-likeness (QED) is 0.654. The Balaban J connectivity index is 5.33. The third-order valence-electron chi connectivity index (χ3n) is 5.34. The topological polar surface area (TPSA) is 37.3 Å². The molecule has 0 amide bonds. The SMILES string of the molecule is CCCC(C)(CC)CC(C)(C(=O)O)C(C)(C)CC. The van der Waals surface area contributed by atoms with E-state index in [1.807, 2.05) is 6.92 Å². The van der Waals surface area contributed by atoms with E-state index < -0.39 is 11.4 Å². The molecule has 2 unspecified atom stereocenters. The van der Waals surface area contributed by atoms with Crippen LogP contribution in [0.2, 0.25) is 0 Å². The van der Waals surface area contributed by atoms with Gasteiger partial charge in [0.1, 0.15) is 0 Å². The van der Waals surface area contributed by atoms with Gasteiger partial charge in [-0.25, -0.2) is 0 Å². The second-order valence-electron chi connectivity index (χ2n) is 6.97. The fourth-order valence-electron chi connectivity index (χ4n) is 2.84. The summed E-state index contributed by atoms with van der Waals surface area (Å²) in [5, 5.41) is 9.73. The summed E-state index contributed by atoms with van der Waals surface area (Å²) >= 11 is 0. The van der Waals surface area contributed by atoms with Gasteiger partial charge in [-0.1, -0.05) is 54.4 Å². The Morgan fingerprint density at radius 3 is 1.78 bits per heavy atom. The van der Waals surface area contributed by atoms with Gasteiger partial charge in [-0.2, -0.15) is 0 Å². The van der Waals surface area contributed by atoms with E-state index in [9.17, 15) is 9.90 Å². The standard InChI is InChI=1S/C16H32O2/c1-8-11-15(6,10-3)12-16(7,13(17)18)14(4,5)9-2/h8-12H2,1-7H3,(H,17,18). The molecule has 0 saturated carbocycles. The number of aliphatic carboxylic acids is 1. The summed E-state index contributed by atoms with van der Waals surface area (Å²) in [4.78, 5) is 11.8. The molecule has 0 fully saturated rings. The van der Waals surface area contributed by atoms with Crippen LogP contribution in [0.25, 0.3) is 0 Å². The summed E-state index contributed by atoms with van der Waals surface area (Å²) in [5.74, 6) is -0.648. The molecule has 0 spiro atoms. The maximum atomic E-state index is 11.8. The molecule has 18 heavy (non-hydrogen) atoms. The first-order valence-electron chi connectivity index (χ1n) is 7.32. The van der Waals surface area contributed by atoms with Crippen LogP contribution in [0, 0.1) is 16.2 Å². The number of hydrogen-bond acceptors (Lipinski definition) is 1. The smallest absolute Gasteiger partial charge is 0.309 e. The summed E-state index contributed by atoms with van der Waals surface area (Å²) in [6, 6.07) is 0. The van der Waals surface area contributed by atoms with Crippen LogP contribution < -0.4 is 0 Å². The second kappa shape index (κ2) is 6.08. The van der Waals surface area contributed by atoms with Crippen molar-refractivity contribution >= 4 is 5.97 Å². The van der Waals surface area contributed by atoms with Gasteiger partial charge in [-0.05, 0) is 37.0 Å². The lowest BCUT2D eigenvalue weighted by atomic mass is 9.57. The largest absolute Gasteiger partial charge is 0.481 e. The van der Waals surface area contributed by atoms with Crippen molar-refractivity contribution in [2.75, 3.05) is 0 Å². The monoisotopic (exact) mass is 256 g/mol. The van der Waals surface area contributed by atoms with Crippen molar-refractivity contribution in [1.29, 1.82) is 0 Å². The van der Waals surface area contributed by atoms with Gasteiger partial charge in [0.15, 0.2) is 0 Å². The van der Waals surface area contributed by atoms with Gasteiger partial charge < -0.3 is 5.11 Å². The maximum absolute atomic E-state index is 11.8. The molecule has 0 aliphatic rings. The molecule has 0 aromatic rings. The highest BCUT2D eigenvalue weighted by Crippen LogP contribution is 2.51. The molecule has 0 saturated heterocycles. The molecule has 0 aromatic carbocycles. The van der Waals surface area contributed by atoms with Gasteiger partial charge in [0, 0.05) is 0 Å². The van der Waals surface area contributed by atoms with Crippen LogP contribution >= 0.6 is 0 Å². The third-order valence-corrected chi connectivity index (χ3v) is 5.34. The third kappa shape index (κ3) is 3.49. The van der Waals surface area contributed by atoms with Crippen molar-refractivity contribution in [3.05, 3.63) is 0 Å². The first kappa shape index (κ1) is 17.5. The minimum atomic E-state index is -0.651. The Labute approximate surface area is 113 Å². The predicted molar refractivity (Wildman–Crippen MR) is 77.7 cm³/mol. The molecule has 0 aromatic heterocycles. The maximum Gasteiger partial charge on any atom is 0.309 e. The van der Waals surface area contributed by atoms with E-state index in [1.165, 1.54) is 0 Å². The molecule has 0 bridgehead atoms. The first-order valence-corrected chi connectivity index (χ1v) is 7.32. The van der Waals surface area contributed by atoms with E-state index in [2.05, 4.69) is 41.5 Å². The lowest BCUT2D eigenvalue weighted by Gasteiger charge is -2.46. The molecule has 2 heteroatoms. The highest BCUT2D eigenvalue weighted by molar-refractivity contribution is 5.75. The summed E-state index contributed by atoms with van der Waals surface area (Å²) in [6.07, 6.45) is 4.92. The van der Waals surface area contributed by atoms with E-state index >= 15 is 0 Å². The number of hydrogen-bond donors (Lipinski definition) is 1. The van der Waals surface area contributed by atoms with Gasteiger partial charge in [-0.3, -0.25) is 4.79 Å². The Bertz CT molecular complexity index is 283. The van der Waals surface area contributed by atoms with Crippen LogP contribution in [0.1, 0.15) is 80.6 Å². The van der Waals surface area contributed by atoms with Crippen molar-refractivity contribution in [3.63, 3.8) is 0 Å². The molecular weight excluding hydrogens is 224 g/mol. The molecule has 108 valence electrons. The Morgan fingerprint density at radius 2 is 1.50 bits per heavy atom. The van der Waals surface area contributed by atoms with Crippen molar-refractivity contribution in [2.24, 2.45) is 16.2 Å². The molecular formula is C16H32O2. The molecule has 0 aliphatic heterocycles. The zero-order valence-corrected chi connectivity index (χ0v) is 13.4. The van der Waals surface area contributed by atoms with E-state index in [1.54, 1.807) is 0 Å². The fraction of sp³-hybridized carbons (Fsp3) is 0.938. The Kier molecular flexibility index (Phi) is 5.90. The molecule has 0 rings (SSSR count). The molecule has 0 radical (unpaired) electrons. The fourth-order valence-corrected chi connectivity index (χ4v) is 2.84. The normalized spacial score (nSPS) is 19.1. The van der Waals surface area contributed by atoms with Crippen molar-refractivity contribution in [3.8, 4) is 0 Å². The number of carbonyl (C=O) groups is 1. The van der Waals surface area contributed by atoms with Crippen LogP contribution in [-0.4, -0.2) is 11.1 Å². The van der Waals surface area contributed by atoms with Crippen molar-refractivity contribution in [1.82, 2.24) is 0 Å². The van der Waals surface area contributed by atoms with Crippen LogP contribution in [0.15, 0.2) is 0 Å². The number of carboxylic acid groups (broad SMARTS) is 1. The summed E-state index contributed by atoms with van der Waals surface area (Å²) < 4.78 is 0. The van der Waals surface area contributed by atoms with Crippen LogP contribution in [0.4, 0.5) is 0 Å². The van der Waals surface area contributed by atoms with E-state index in [0.717, 1.165) is 32.1 Å². The van der Waals surface area contributed by atoms with Gasteiger partial charge in [0.25, 0.3) is 0 Å². The summed E-state index contributed by atoms with van der Waals surface area (Å²) in [7, 11) is 0. The summed E-state index contributed by atoms with van der Waals surface area (Å²) in [6.45, 7) is 14.8. The predicted octanol–water partition coefficient (Wildman–Crippen LogP) is 5.12. The molecule has 0 heterocycles. The minimum Gasteiger partial charge on any atom is -0.481 e. The van der Waals surface area contributed by atoms with Crippen molar-refractivity contribution < 1.29 is 9.90 Å². The highest BCUT2D eigenvalue weighted by atomic mass is 16.4. The molecule has 0 aliphatic carbocycles. The van der Waals surface area contributed by atoms with Gasteiger partial charge >= 0.3 is 5.97 Å². The average molecular weight is 256 g/mol. The average Bonchev–Trinajstić information content (AvgIpc) is 2.28. The Morgan fingerprint density at radius 1 is 1.00 bits per heavy atom. The first-order chi connectivity index (χ1) is 8.08. The molecule has 1 N–H and O–H groups in total. The van der Waals surface area contributed by atoms with Gasteiger partial charge in [0.05, 0.1) is 5.41 Å². The van der Waals surface area contributed by atoms with E-state index in [-0.39, 0.29) is 10.8 Å². The second-order valence-corrected chi connectivity index (χ2v) is 6.97. The minimum absolute atomic E-state index is 0.133. The van der Waals surface area contributed by atoms with Crippen LogP contribution in [0.3, 0.4) is 0 Å². The Hall–Kier alpha value is -0.530. The van der Waals surface area contributed by atoms with Crippen LogP contribution in [-0.2, 0) is 4.79 Å². The highest BCUT2D eigenvalue weighted by Gasteiger charge is 2.49. The van der Waals surface area contributed by atoms with Crippen LogP contribution in [0.5, 0.6) is 0 Å². The lowest BCUT2D eigenvalue weighted by Crippen LogP contribution is -2.45. The zero-order chi connectivity index (χ0) is 14.6. The van der Waals surface area contributed by atoms with Crippen molar-refractivity contribution in [2.45, 2.75) is 80.6 Å². The van der Waals surface area contributed by atoms with Gasteiger partial charge in [-0.15, -0.1) is 0 Å². The van der Waals surface area contributed by atoms with E-state index in [0.29, 0.717) is 0 Å². The molecule has 2 nitrogen and oxygen atoms in total. The zero-order valence-electron chi connectivity index (χ0n) is 13.4. The van der Waals surface area contributed by atoms with E-state index in [4.69, 9.17) is 0 Å². The number of rotatable bonds is 8. The van der Waals surface area contributed by atoms with Gasteiger partial charge in [0.2, 0.25) is 0 Å². The number of carboxylic acids is 1. The lowest BCUT2D eigenvalue weighted by molar-refractivity contribution is -0.159.